The van der Waals surface area contributed by atoms with Crippen molar-refractivity contribution in [2.24, 2.45) is 0 Å². The van der Waals surface area contributed by atoms with Crippen molar-refractivity contribution in [1.82, 2.24) is 25.2 Å². The maximum absolute atomic E-state index is 14.3. The molecule has 1 saturated heterocycles. The summed E-state index contributed by atoms with van der Waals surface area (Å²) in [6, 6.07) is 18.6. The van der Waals surface area contributed by atoms with Crippen LogP contribution in [0.4, 0.5) is 10.1 Å². The Kier molecular flexibility index (Phi) is 7.82. The van der Waals surface area contributed by atoms with E-state index in [1.165, 1.54) is 18.2 Å². The van der Waals surface area contributed by atoms with Gasteiger partial charge in [0.1, 0.15) is 11.6 Å². The van der Waals surface area contributed by atoms with Gasteiger partial charge >= 0.3 is 0 Å². The lowest BCUT2D eigenvalue weighted by molar-refractivity contribution is 0.0942. The van der Waals surface area contributed by atoms with Crippen molar-refractivity contribution in [3.8, 4) is 17.1 Å². The summed E-state index contributed by atoms with van der Waals surface area (Å²) >= 11 is 0. The molecule has 220 valence electrons. The first kappa shape index (κ1) is 28.4. The summed E-state index contributed by atoms with van der Waals surface area (Å²) in [5, 5.41) is 14.6. The normalized spacial score (nSPS) is 14.8. The van der Waals surface area contributed by atoms with Gasteiger partial charge in [-0.1, -0.05) is 18.2 Å². The van der Waals surface area contributed by atoms with Gasteiger partial charge in [-0.25, -0.2) is 14.4 Å². The molecule has 1 aliphatic rings. The van der Waals surface area contributed by atoms with E-state index in [0.717, 1.165) is 53.6 Å². The third-order valence-electron chi connectivity index (χ3n) is 8.23. The second-order valence-electron chi connectivity index (χ2n) is 11.5. The van der Waals surface area contributed by atoms with E-state index in [9.17, 15) is 14.3 Å². The van der Waals surface area contributed by atoms with Gasteiger partial charge in [-0.2, -0.15) is 0 Å². The van der Waals surface area contributed by atoms with Gasteiger partial charge in [-0.05, 0) is 93.3 Å². The number of halogens is 1. The van der Waals surface area contributed by atoms with Gasteiger partial charge in [0.25, 0.3) is 5.91 Å². The van der Waals surface area contributed by atoms with E-state index in [1.807, 2.05) is 55.7 Å². The molecule has 0 spiro atoms. The van der Waals surface area contributed by atoms with Crippen LogP contribution in [0.15, 0.2) is 79.1 Å². The van der Waals surface area contributed by atoms with Crippen molar-refractivity contribution >= 4 is 22.5 Å². The van der Waals surface area contributed by atoms with Crippen LogP contribution in [0.5, 0.6) is 5.75 Å². The smallest absolute Gasteiger partial charge is 0.252 e. The average molecular weight is 579 g/mol. The largest absolute Gasteiger partial charge is 0.508 e. The highest BCUT2D eigenvalue weighted by Crippen LogP contribution is 2.32. The van der Waals surface area contributed by atoms with Gasteiger partial charge < -0.3 is 25.2 Å². The van der Waals surface area contributed by atoms with E-state index in [0.29, 0.717) is 23.1 Å². The number of carbonyl (C=O) groups excluding carboxylic acids is 1. The van der Waals surface area contributed by atoms with Crippen molar-refractivity contribution in [2.45, 2.75) is 31.8 Å². The number of nitrogens with one attached hydrogen (secondary N) is 2. The molecule has 5 aromatic rings. The summed E-state index contributed by atoms with van der Waals surface area (Å²) in [7, 11) is 4.25. The van der Waals surface area contributed by atoms with E-state index in [-0.39, 0.29) is 17.2 Å². The molecule has 3 aromatic carbocycles. The molecule has 0 aliphatic carbocycles. The van der Waals surface area contributed by atoms with Crippen molar-refractivity contribution in [2.75, 3.05) is 32.1 Å². The van der Waals surface area contributed by atoms with Crippen molar-refractivity contribution in [3.05, 3.63) is 107 Å². The van der Waals surface area contributed by atoms with Crippen LogP contribution in [0, 0.1) is 12.7 Å². The molecule has 1 aliphatic heterocycles. The number of carbonyl (C=O) groups is 1. The summed E-state index contributed by atoms with van der Waals surface area (Å²) in [5.41, 5.74) is 4.73. The number of rotatable bonds is 7. The molecule has 0 radical (unpaired) electrons. The van der Waals surface area contributed by atoms with Crippen LogP contribution in [-0.2, 0) is 0 Å². The molecule has 3 heterocycles. The number of aromatic amines is 1. The maximum Gasteiger partial charge on any atom is 0.252 e. The van der Waals surface area contributed by atoms with Gasteiger partial charge in [-0.3, -0.25) is 4.79 Å². The molecule has 1 fully saturated rings. The van der Waals surface area contributed by atoms with Crippen molar-refractivity contribution < 1.29 is 14.3 Å². The highest BCUT2D eigenvalue weighted by Gasteiger charge is 2.24. The Bertz CT molecular complexity index is 1730. The zero-order valence-electron chi connectivity index (χ0n) is 24.5. The molecule has 0 bridgehead atoms. The van der Waals surface area contributed by atoms with Crippen LogP contribution in [0.1, 0.15) is 46.1 Å². The second-order valence-corrected chi connectivity index (χ2v) is 11.5. The number of phenolic OH excluding ortho intramolecular Hbond substituents is 1. The Morgan fingerprint density at radius 3 is 2.51 bits per heavy atom. The molecule has 8 nitrogen and oxygen atoms in total. The monoisotopic (exact) mass is 578 g/mol. The van der Waals surface area contributed by atoms with Crippen LogP contribution in [0.2, 0.25) is 0 Å². The summed E-state index contributed by atoms with van der Waals surface area (Å²) < 4.78 is 14.3. The first-order chi connectivity index (χ1) is 20.7. The van der Waals surface area contributed by atoms with Crippen LogP contribution >= 0.6 is 0 Å². The number of anilines is 1. The molecule has 2 aromatic heterocycles. The summed E-state index contributed by atoms with van der Waals surface area (Å²) in [6.07, 6.45) is 5.88. The zero-order chi connectivity index (χ0) is 30.1. The Morgan fingerprint density at radius 2 is 1.79 bits per heavy atom. The lowest BCUT2D eigenvalue weighted by Gasteiger charge is -2.36. The Labute approximate surface area is 250 Å². The highest BCUT2D eigenvalue weighted by atomic mass is 19.1. The molecule has 43 heavy (non-hydrogen) atoms. The molecule has 9 heteroatoms. The van der Waals surface area contributed by atoms with Gasteiger partial charge in [0, 0.05) is 47.0 Å². The molecule has 1 atom stereocenters. The number of aryl methyl sites for hydroxylation is 1. The van der Waals surface area contributed by atoms with Crippen LogP contribution < -0.4 is 10.2 Å². The number of phenols is 1. The van der Waals surface area contributed by atoms with E-state index in [1.54, 1.807) is 12.1 Å². The fourth-order valence-corrected chi connectivity index (χ4v) is 5.86. The molecule has 6 rings (SSSR count). The number of aromatic nitrogens is 3. The average Bonchev–Trinajstić information content (AvgIpc) is 3.45. The molecular formula is C34H35FN6O2. The SMILES string of the molecule is Cc1cc(C(=O)NC(c2cc3ccccc3[nH]2)c2cc(F)ccc2O)cc(-c2ncc(N3CCC(N(C)C)CC3)cn2)c1. The number of amides is 1. The van der Waals surface area contributed by atoms with Gasteiger partial charge in [0.2, 0.25) is 0 Å². The number of hydrogen-bond donors (Lipinski definition) is 3. The number of H-pyrrole nitrogens is 1. The minimum absolute atomic E-state index is 0.116. The Morgan fingerprint density at radius 1 is 1.05 bits per heavy atom. The predicted molar refractivity (Wildman–Crippen MR) is 167 cm³/mol. The van der Waals surface area contributed by atoms with Crippen LogP contribution in [0.3, 0.4) is 0 Å². The van der Waals surface area contributed by atoms with E-state index < -0.39 is 11.9 Å². The second kappa shape index (κ2) is 11.9. The highest BCUT2D eigenvalue weighted by molar-refractivity contribution is 5.96. The first-order valence-electron chi connectivity index (χ1n) is 14.5. The summed E-state index contributed by atoms with van der Waals surface area (Å²) in [6.45, 7) is 3.83. The number of fused-ring (bicyclic) bond motifs is 1. The molecule has 1 unspecified atom stereocenters. The minimum Gasteiger partial charge on any atom is -0.508 e. The lowest BCUT2D eigenvalue weighted by atomic mass is 10.0. The molecule has 1 amide bonds. The summed E-state index contributed by atoms with van der Waals surface area (Å²) in [5.74, 6) is -0.476. The van der Waals surface area contributed by atoms with Crippen LogP contribution in [0.25, 0.3) is 22.3 Å². The van der Waals surface area contributed by atoms with Gasteiger partial charge in [0.05, 0.1) is 24.1 Å². The summed E-state index contributed by atoms with van der Waals surface area (Å²) in [4.78, 5) is 30.9. The van der Waals surface area contributed by atoms with Crippen molar-refractivity contribution in [1.29, 1.82) is 0 Å². The molecule has 0 saturated carbocycles. The van der Waals surface area contributed by atoms with E-state index >= 15 is 0 Å². The van der Waals surface area contributed by atoms with E-state index in [2.05, 4.69) is 44.2 Å². The number of benzene rings is 3. The van der Waals surface area contributed by atoms with Crippen LogP contribution in [-0.4, -0.2) is 64.1 Å². The number of piperidine rings is 1. The first-order valence-corrected chi connectivity index (χ1v) is 14.5. The van der Waals surface area contributed by atoms with E-state index in [4.69, 9.17) is 0 Å². The molecular weight excluding hydrogens is 543 g/mol. The third kappa shape index (κ3) is 6.08. The molecule has 3 N–H and O–H groups in total. The third-order valence-corrected chi connectivity index (χ3v) is 8.23. The number of nitrogens with zero attached hydrogens (tertiary/aromatic N) is 4. The number of aromatic hydroxyl groups is 1. The Hall–Kier alpha value is -4.76. The topological polar surface area (TPSA) is 97.4 Å². The Balaban J connectivity index is 1.26. The zero-order valence-corrected chi connectivity index (χ0v) is 24.5. The fraction of sp³-hybridized carbons (Fsp3) is 0.265. The maximum atomic E-state index is 14.3. The number of para-hydroxylation sites is 1. The fourth-order valence-electron chi connectivity index (χ4n) is 5.86. The number of hydrogen-bond acceptors (Lipinski definition) is 6. The standard InChI is InChI=1S/C34H35FN6O2/c1-21-14-23(33-36-19-27(20-37-33)41-12-10-26(11-13-41)40(2)3)16-24(15-21)34(43)39-32(28-18-25(35)8-9-31(28)42)30-17-22-6-4-5-7-29(22)38-30/h4-9,14-20,26,32,38,42H,10-13H2,1-3H3,(H,39,43). The minimum atomic E-state index is -0.827. The lowest BCUT2D eigenvalue weighted by Crippen LogP contribution is -2.42. The van der Waals surface area contributed by atoms with Gasteiger partial charge in [0.15, 0.2) is 5.82 Å². The van der Waals surface area contributed by atoms with Gasteiger partial charge in [-0.15, -0.1) is 0 Å². The quantitative estimate of drug-likeness (QED) is 0.225. The van der Waals surface area contributed by atoms with Crippen molar-refractivity contribution in [3.63, 3.8) is 0 Å². The predicted octanol–water partition coefficient (Wildman–Crippen LogP) is 5.83.